The van der Waals surface area contributed by atoms with E-state index >= 15 is 0 Å². The summed E-state index contributed by atoms with van der Waals surface area (Å²) in [5.41, 5.74) is 2.29. The van der Waals surface area contributed by atoms with Crippen molar-refractivity contribution < 1.29 is 14.3 Å². The van der Waals surface area contributed by atoms with Crippen molar-refractivity contribution in [2.45, 2.75) is 13.1 Å². The molecule has 0 aliphatic carbocycles. The van der Waals surface area contributed by atoms with Crippen molar-refractivity contribution in [3.8, 4) is 11.5 Å². The summed E-state index contributed by atoms with van der Waals surface area (Å²) in [6.07, 6.45) is -0.267. The SMILES string of the molecule is Cc1ccc([C@H]2Nc3ccccc3C(=O)N2c2ccc3c(c2)OCO3)s1. The molecular weight excluding hydrogens is 348 g/mol. The molecule has 1 aromatic heterocycles. The van der Waals surface area contributed by atoms with Gasteiger partial charge in [-0.25, -0.2) is 0 Å². The summed E-state index contributed by atoms with van der Waals surface area (Å²) >= 11 is 1.68. The number of rotatable bonds is 2. The third-order valence-electron chi connectivity index (χ3n) is 4.59. The Kier molecular flexibility index (Phi) is 3.39. The Hall–Kier alpha value is -2.99. The summed E-state index contributed by atoms with van der Waals surface area (Å²) in [5.74, 6) is 1.33. The lowest BCUT2D eigenvalue weighted by Gasteiger charge is -2.37. The van der Waals surface area contributed by atoms with Crippen LogP contribution in [0.5, 0.6) is 11.5 Å². The van der Waals surface area contributed by atoms with Gasteiger partial charge in [-0.2, -0.15) is 0 Å². The van der Waals surface area contributed by atoms with Gasteiger partial charge in [0.15, 0.2) is 11.5 Å². The maximum Gasteiger partial charge on any atom is 0.262 e. The number of ether oxygens (including phenoxy) is 2. The van der Waals surface area contributed by atoms with Gasteiger partial charge in [-0.1, -0.05) is 12.1 Å². The summed E-state index contributed by atoms with van der Waals surface area (Å²) in [6, 6.07) is 17.4. The molecule has 1 N–H and O–H groups in total. The number of benzene rings is 2. The van der Waals surface area contributed by atoms with E-state index in [1.165, 1.54) is 4.88 Å². The van der Waals surface area contributed by atoms with Crippen LogP contribution in [-0.2, 0) is 0 Å². The summed E-state index contributed by atoms with van der Waals surface area (Å²) in [4.78, 5) is 17.4. The van der Waals surface area contributed by atoms with E-state index in [0.717, 1.165) is 16.3 Å². The number of hydrogen-bond acceptors (Lipinski definition) is 5. The van der Waals surface area contributed by atoms with Gasteiger partial charge in [0.25, 0.3) is 5.91 Å². The standard InChI is InChI=1S/C20H16N2O3S/c1-12-6-9-18(26-12)19-21-15-5-3-2-4-14(15)20(23)22(19)13-7-8-16-17(10-13)25-11-24-16/h2-10,19,21H,11H2,1H3/t19-/m0/s1. The highest BCUT2D eigenvalue weighted by Gasteiger charge is 2.35. The van der Waals surface area contributed by atoms with Gasteiger partial charge in [-0.3, -0.25) is 9.69 Å². The van der Waals surface area contributed by atoms with Gasteiger partial charge >= 0.3 is 0 Å². The fourth-order valence-corrected chi connectivity index (χ4v) is 4.27. The summed E-state index contributed by atoms with van der Waals surface area (Å²) in [5, 5.41) is 3.52. The highest BCUT2D eigenvalue weighted by Crippen LogP contribution is 2.42. The predicted molar refractivity (Wildman–Crippen MR) is 101 cm³/mol. The Morgan fingerprint density at radius 2 is 1.92 bits per heavy atom. The van der Waals surface area contributed by atoms with Crippen LogP contribution >= 0.6 is 11.3 Å². The van der Waals surface area contributed by atoms with Gasteiger partial charge in [-0.05, 0) is 43.3 Å². The molecule has 2 aromatic carbocycles. The van der Waals surface area contributed by atoms with E-state index in [0.29, 0.717) is 17.1 Å². The van der Waals surface area contributed by atoms with Crippen molar-refractivity contribution in [3.63, 3.8) is 0 Å². The van der Waals surface area contributed by atoms with Gasteiger partial charge in [0.05, 0.1) is 11.3 Å². The molecule has 5 rings (SSSR count). The van der Waals surface area contributed by atoms with E-state index < -0.39 is 0 Å². The van der Waals surface area contributed by atoms with E-state index in [9.17, 15) is 4.79 Å². The van der Waals surface area contributed by atoms with Gasteiger partial charge in [-0.15, -0.1) is 11.3 Å². The zero-order valence-electron chi connectivity index (χ0n) is 14.1. The zero-order chi connectivity index (χ0) is 17.7. The maximum atomic E-state index is 13.3. The number of anilines is 2. The Balaban J connectivity index is 1.65. The van der Waals surface area contributed by atoms with Crippen LogP contribution in [0.1, 0.15) is 26.3 Å². The molecular formula is C20H16N2O3S. The number of fused-ring (bicyclic) bond motifs is 2. The molecule has 0 radical (unpaired) electrons. The molecule has 3 heterocycles. The molecule has 6 heteroatoms. The average molecular weight is 364 g/mol. The van der Waals surface area contributed by atoms with Crippen molar-refractivity contribution >= 4 is 28.6 Å². The number of thiophene rings is 1. The van der Waals surface area contributed by atoms with Crippen LogP contribution in [0.15, 0.2) is 54.6 Å². The summed E-state index contributed by atoms with van der Waals surface area (Å²) in [7, 11) is 0. The quantitative estimate of drug-likeness (QED) is 0.724. The maximum absolute atomic E-state index is 13.3. The van der Waals surface area contributed by atoms with E-state index in [2.05, 4.69) is 24.4 Å². The molecule has 0 unspecified atom stereocenters. The van der Waals surface area contributed by atoms with Crippen molar-refractivity contribution in [2.75, 3.05) is 17.0 Å². The number of nitrogens with one attached hydrogen (secondary N) is 1. The fourth-order valence-electron chi connectivity index (χ4n) is 3.35. The summed E-state index contributed by atoms with van der Waals surface area (Å²) < 4.78 is 10.9. The van der Waals surface area contributed by atoms with Crippen LogP contribution in [0.2, 0.25) is 0 Å². The second-order valence-corrected chi connectivity index (χ2v) is 7.57. The van der Waals surface area contributed by atoms with Crippen LogP contribution in [0.25, 0.3) is 0 Å². The van der Waals surface area contributed by atoms with Crippen LogP contribution in [0.4, 0.5) is 11.4 Å². The van der Waals surface area contributed by atoms with Crippen LogP contribution in [0.3, 0.4) is 0 Å². The lowest BCUT2D eigenvalue weighted by molar-refractivity contribution is 0.0975. The molecule has 2 aliphatic rings. The minimum Gasteiger partial charge on any atom is -0.454 e. The minimum atomic E-state index is -0.267. The first kappa shape index (κ1) is 15.3. The normalized spacial score (nSPS) is 17.8. The average Bonchev–Trinajstić information content (AvgIpc) is 3.29. The van der Waals surface area contributed by atoms with E-state index in [-0.39, 0.29) is 18.9 Å². The molecule has 5 nitrogen and oxygen atoms in total. The largest absolute Gasteiger partial charge is 0.454 e. The number of para-hydroxylation sites is 1. The predicted octanol–water partition coefficient (Wildman–Crippen LogP) is 4.56. The van der Waals surface area contributed by atoms with E-state index in [1.807, 2.05) is 42.5 Å². The van der Waals surface area contributed by atoms with Crippen LogP contribution in [0, 0.1) is 6.92 Å². The first-order valence-corrected chi connectivity index (χ1v) is 9.17. The second kappa shape index (κ2) is 5.78. The summed E-state index contributed by atoms with van der Waals surface area (Å²) in [6.45, 7) is 2.28. The highest BCUT2D eigenvalue weighted by molar-refractivity contribution is 7.12. The molecule has 26 heavy (non-hydrogen) atoms. The fraction of sp³-hybridized carbons (Fsp3) is 0.150. The smallest absolute Gasteiger partial charge is 0.262 e. The van der Waals surface area contributed by atoms with E-state index in [1.54, 1.807) is 16.2 Å². The highest BCUT2D eigenvalue weighted by atomic mass is 32.1. The molecule has 0 saturated heterocycles. The second-order valence-electron chi connectivity index (χ2n) is 6.25. The number of hydrogen-bond donors (Lipinski definition) is 1. The molecule has 0 saturated carbocycles. The number of aryl methyl sites for hydroxylation is 1. The minimum absolute atomic E-state index is 0.0331. The number of carbonyl (C=O) groups is 1. The molecule has 0 fully saturated rings. The van der Waals surface area contributed by atoms with Gasteiger partial charge in [0.1, 0.15) is 6.17 Å². The lowest BCUT2D eigenvalue weighted by Crippen LogP contribution is -2.42. The Morgan fingerprint density at radius 3 is 2.77 bits per heavy atom. The van der Waals surface area contributed by atoms with Crippen molar-refractivity contribution in [1.29, 1.82) is 0 Å². The third kappa shape index (κ3) is 2.34. The topological polar surface area (TPSA) is 50.8 Å². The first-order chi connectivity index (χ1) is 12.7. The Morgan fingerprint density at radius 1 is 1.08 bits per heavy atom. The van der Waals surface area contributed by atoms with Crippen LogP contribution in [-0.4, -0.2) is 12.7 Å². The molecule has 1 amide bonds. The van der Waals surface area contributed by atoms with Crippen molar-refractivity contribution in [3.05, 3.63) is 69.9 Å². The molecule has 0 bridgehead atoms. The van der Waals surface area contributed by atoms with Gasteiger partial charge in [0.2, 0.25) is 6.79 Å². The number of amides is 1. The van der Waals surface area contributed by atoms with Crippen molar-refractivity contribution in [2.24, 2.45) is 0 Å². The Labute approximate surface area is 154 Å². The third-order valence-corrected chi connectivity index (χ3v) is 5.64. The molecule has 0 spiro atoms. The van der Waals surface area contributed by atoms with Crippen molar-refractivity contribution in [1.82, 2.24) is 0 Å². The first-order valence-electron chi connectivity index (χ1n) is 8.36. The molecule has 130 valence electrons. The number of carbonyl (C=O) groups excluding carboxylic acids is 1. The monoisotopic (exact) mass is 364 g/mol. The number of nitrogens with zero attached hydrogens (tertiary/aromatic N) is 1. The Bertz CT molecular complexity index is 1010. The molecule has 3 aromatic rings. The zero-order valence-corrected chi connectivity index (χ0v) is 14.9. The van der Waals surface area contributed by atoms with E-state index in [4.69, 9.17) is 9.47 Å². The van der Waals surface area contributed by atoms with Crippen LogP contribution < -0.4 is 19.7 Å². The molecule has 2 aliphatic heterocycles. The lowest BCUT2D eigenvalue weighted by atomic mass is 10.1. The van der Waals surface area contributed by atoms with Gasteiger partial charge in [0, 0.05) is 21.5 Å². The van der Waals surface area contributed by atoms with Gasteiger partial charge < -0.3 is 14.8 Å². The molecule has 1 atom stereocenters.